The molecule has 3 aromatic rings. The maximum Gasteiger partial charge on any atom is 0.265 e. The number of nitrogens with one attached hydrogen (secondary N) is 1. The van der Waals surface area contributed by atoms with Crippen LogP contribution in [0.2, 0.25) is 0 Å². The Balaban J connectivity index is 1.91. The molecule has 1 aromatic carbocycles. The molecule has 0 aliphatic heterocycles. The van der Waals surface area contributed by atoms with E-state index in [1.807, 2.05) is 14.0 Å². The number of aryl methyl sites for hydroxylation is 2. The van der Waals surface area contributed by atoms with Crippen LogP contribution < -0.4 is 5.32 Å². The monoisotopic (exact) mass is 367 g/mol. The van der Waals surface area contributed by atoms with Crippen LogP contribution in [0, 0.1) is 12.7 Å². The fraction of sp³-hybridized carbons (Fsp3) is 0.143. The van der Waals surface area contributed by atoms with Crippen molar-refractivity contribution in [1.82, 2.24) is 9.78 Å². The number of amides is 1. The molecule has 108 valence electrons. The van der Waals surface area contributed by atoms with Crippen molar-refractivity contribution < 1.29 is 9.18 Å². The van der Waals surface area contributed by atoms with Gasteiger partial charge in [-0.05, 0) is 31.2 Å². The summed E-state index contributed by atoms with van der Waals surface area (Å²) in [6.07, 6.45) is 0. The van der Waals surface area contributed by atoms with Gasteiger partial charge in [0.1, 0.15) is 10.6 Å². The second-order valence-electron chi connectivity index (χ2n) is 4.62. The van der Waals surface area contributed by atoms with Crippen molar-refractivity contribution in [2.24, 2.45) is 7.05 Å². The fourth-order valence-electron chi connectivity index (χ4n) is 2.09. The molecule has 0 fully saturated rings. The molecule has 2 heterocycles. The molecule has 2 aromatic heterocycles. The highest BCUT2D eigenvalue weighted by molar-refractivity contribution is 9.10. The van der Waals surface area contributed by atoms with E-state index in [0.717, 1.165) is 15.9 Å². The summed E-state index contributed by atoms with van der Waals surface area (Å²) in [6.45, 7) is 1.89. The minimum absolute atomic E-state index is 0.163. The quantitative estimate of drug-likeness (QED) is 0.741. The fourth-order valence-corrected chi connectivity index (χ4v) is 3.44. The number of benzene rings is 1. The molecule has 0 aliphatic rings. The van der Waals surface area contributed by atoms with Gasteiger partial charge in [0.05, 0.1) is 16.3 Å². The number of carbonyl (C=O) groups is 1. The third-order valence-corrected chi connectivity index (χ3v) is 4.79. The third-order valence-electron chi connectivity index (χ3n) is 3.10. The van der Waals surface area contributed by atoms with Gasteiger partial charge in [-0.15, -0.1) is 11.3 Å². The molecule has 0 saturated heterocycles. The molecular formula is C14H11BrFN3OS. The molecule has 0 aliphatic carbocycles. The summed E-state index contributed by atoms with van der Waals surface area (Å²) in [4.78, 5) is 13.7. The van der Waals surface area contributed by atoms with Gasteiger partial charge in [0.25, 0.3) is 5.91 Å². The average Bonchev–Trinajstić information content (AvgIpc) is 2.96. The molecule has 3 rings (SSSR count). The Morgan fingerprint density at radius 3 is 2.86 bits per heavy atom. The van der Waals surface area contributed by atoms with Gasteiger partial charge in [0, 0.05) is 16.9 Å². The van der Waals surface area contributed by atoms with E-state index in [2.05, 4.69) is 26.3 Å². The van der Waals surface area contributed by atoms with E-state index in [1.165, 1.54) is 23.5 Å². The number of rotatable bonds is 2. The Hall–Kier alpha value is -1.73. The first-order chi connectivity index (χ1) is 9.95. The number of halogens is 2. The number of nitrogens with zero attached hydrogens (tertiary/aromatic N) is 2. The van der Waals surface area contributed by atoms with Gasteiger partial charge in [-0.1, -0.05) is 15.9 Å². The minimum Gasteiger partial charge on any atom is -0.319 e. The number of fused-ring (bicyclic) bond motifs is 1. The van der Waals surface area contributed by atoms with E-state index in [0.29, 0.717) is 9.35 Å². The van der Waals surface area contributed by atoms with E-state index >= 15 is 0 Å². The van der Waals surface area contributed by atoms with Crippen LogP contribution in [0.1, 0.15) is 15.4 Å². The summed E-state index contributed by atoms with van der Waals surface area (Å²) >= 11 is 4.52. The van der Waals surface area contributed by atoms with E-state index in [-0.39, 0.29) is 11.6 Å². The Kier molecular flexibility index (Phi) is 3.54. The average molecular weight is 368 g/mol. The Bertz CT molecular complexity index is 821. The molecule has 21 heavy (non-hydrogen) atoms. The SMILES string of the molecule is Cc1nn(C)c2sc(C(=O)Nc3ccc(Br)cc3F)cc12. The number of aromatic nitrogens is 2. The molecule has 4 nitrogen and oxygen atoms in total. The van der Waals surface area contributed by atoms with Crippen molar-refractivity contribution in [3.05, 3.63) is 45.1 Å². The van der Waals surface area contributed by atoms with Gasteiger partial charge in [-0.2, -0.15) is 5.10 Å². The summed E-state index contributed by atoms with van der Waals surface area (Å²) in [6, 6.07) is 6.30. The van der Waals surface area contributed by atoms with E-state index in [1.54, 1.807) is 16.8 Å². The summed E-state index contributed by atoms with van der Waals surface area (Å²) in [5.74, 6) is -0.798. The standard InChI is InChI=1S/C14H11BrFN3OS/c1-7-9-6-12(21-14(9)19(2)18-7)13(20)17-11-4-3-8(15)5-10(11)16/h3-6H,1-2H3,(H,17,20). The third kappa shape index (κ3) is 2.58. The van der Waals surface area contributed by atoms with Crippen LogP contribution in [0.25, 0.3) is 10.2 Å². The largest absolute Gasteiger partial charge is 0.319 e. The molecule has 0 bridgehead atoms. The zero-order valence-electron chi connectivity index (χ0n) is 11.3. The molecule has 1 N–H and O–H groups in total. The van der Waals surface area contributed by atoms with Crippen molar-refractivity contribution in [2.45, 2.75) is 6.92 Å². The highest BCUT2D eigenvalue weighted by Gasteiger charge is 2.16. The second-order valence-corrected chi connectivity index (χ2v) is 6.56. The molecule has 0 atom stereocenters. The first kappa shape index (κ1) is 14.2. The number of hydrogen-bond donors (Lipinski definition) is 1. The normalized spacial score (nSPS) is 11.0. The summed E-state index contributed by atoms with van der Waals surface area (Å²) in [5.41, 5.74) is 1.04. The van der Waals surface area contributed by atoms with Gasteiger partial charge in [0.2, 0.25) is 0 Å². The maximum atomic E-state index is 13.7. The summed E-state index contributed by atoms with van der Waals surface area (Å²) in [7, 11) is 1.84. The van der Waals surface area contributed by atoms with Crippen LogP contribution in [0.3, 0.4) is 0 Å². The lowest BCUT2D eigenvalue weighted by atomic mass is 10.3. The van der Waals surface area contributed by atoms with E-state index in [9.17, 15) is 9.18 Å². The molecule has 0 spiro atoms. The first-order valence-corrected chi connectivity index (χ1v) is 7.76. The van der Waals surface area contributed by atoms with Crippen LogP contribution in [0.15, 0.2) is 28.7 Å². The highest BCUT2D eigenvalue weighted by Crippen LogP contribution is 2.28. The molecule has 0 unspecified atom stereocenters. The highest BCUT2D eigenvalue weighted by atomic mass is 79.9. The first-order valence-electron chi connectivity index (χ1n) is 6.15. The van der Waals surface area contributed by atoms with Crippen LogP contribution in [-0.4, -0.2) is 15.7 Å². The molecule has 7 heteroatoms. The van der Waals surface area contributed by atoms with Gasteiger partial charge in [-0.25, -0.2) is 4.39 Å². The van der Waals surface area contributed by atoms with Gasteiger partial charge in [-0.3, -0.25) is 9.48 Å². The van der Waals surface area contributed by atoms with Crippen LogP contribution in [0.4, 0.5) is 10.1 Å². The number of hydrogen-bond acceptors (Lipinski definition) is 3. The van der Waals surface area contributed by atoms with Crippen molar-refractivity contribution in [1.29, 1.82) is 0 Å². The van der Waals surface area contributed by atoms with Gasteiger partial charge >= 0.3 is 0 Å². The van der Waals surface area contributed by atoms with Crippen LogP contribution >= 0.6 is 27.3 Å². The topological polar surface area (TPSA) is 46.9 Å². The molecule has 1 amide bonds. The number of anilines is 1. The predicted octanol–water partition coefficient (Wildman–Crippen LogP) is 4.10. The van der Waals surface area contributed by atoms with Crippen molar-refractivity contribution in [2.75, 3.05) is 5.32 Å². The zero-order valence-corrected chi connectivity index (χ0v) is 13.7. The number of thiophene rings is 1. The molecule has 0 saturated carbocycles. The second kappa shape index (κ2) is 5.23. The summed E-state index contributed by atoms with van der Waals surface area (Å²) < 4.78 is 16.1. The lowest BCUT2D eigenvalue weighted by Gasteiger charge is -2.05. The van der Waals surface area contributed by atoms with Crippen molar-refractivity contribution in [3.8, 4) is 0 Å². The Morgan fingerprint density at radius 2 is 2.19 bits per heavy atom. The Morgan fingerprint density at radius 1 is 1.43 bits per heavy atom. The lowest BCUT2D eigenvalue weighted by molar-refractivity contribution is 0.103. The number of carbonyl (C=O) groups excluding carboxylic acids is 1. The van der Waals surface area contributed by atoms with Crippen molar-refractivity contribution >= 4 is 49.1 Å². The minimum atomic E-state index is -0.475. The van der Waals surface area contributed by atoms with Crippen LogP contribution in [0.5, 0.6) is 0 Å². The smallest absolute Gasteiger partial charge is 0.265 e. The predicted molar refractivity (Wildman–Crippen MR) is 85.4 cm³/mol. The molecular weight excluding hydrogens is 357 g/mol. The Labute approximate surface area is 132 Å². The summed E-state index contributed by atoms with van der Waals surface area (Å²) in [5, 5.41) is 7.83. The lowest BCUT2D eigenvalue weighted by Crippen LogP contribution is -2.11. The van der Waals surface area contributed by atoms with E-state index < -0.39 is 5.82 Å². The van der Waals surface area contributed by atoms with E-state index in [4.69, 9.17) is 0 Å². The molecule has 0 radical (unpaired) electrons. The zero-order chi connectivity index (χ0) is 15.1. The van der Waals surface area contributed by atoms with Gasteiger partial charge in [0.15, 0.2) is 0 Å². The van der Waals surface area contributed by atoms with Gasteiger partial charge < -0.3 is 5.32 Å². The van der Waals surface area contributed by atoms with Crippen molar-refractivity contribution in [3.63, 3.8) is 0 Å². The van der Waals surface area contributed by atoms with Crippen LogP contribution in [-0.2, 0) is 7.05 Å². The maximum absolute atomic E-state index is 13.7.